The Balaban J connectivity index is 1.36. The molecule has 7 nitrogen and oxygen atoms in total. The van der Waals surface area contributed by atoms with E-state index in [1.54, 1.807) is 12.0 Å². The molecule has 0 bridgehead atoms. The Labute approximate surface area is 171 Å². The van der Waals surface area contributed by atoms with Crippen molar-refractivity contribution in [1.82, 2.24) is 20.4 Å². The van der Waals surface area contributed by atoms with Crippen molar-refractivity contribution in [2.45, 2.75) is 13.1 Å². The Morgan fingerprint density at radius 3 is 2.31 bits per heavy atom. The van der Waals surface area contributed by atoms with Gasteiger partial charge in [-0.2, -0.15) is 0 Å². The Bertz CT molecular complexity index is 805. The topological polar surface area (TPSA) is 73.9 Å². The van der Waals surface area contributed by atoms with Crippen LogP contribution in [0.2, 0.25) is 0 Å². The molecule has 1 heterocycles. The molecule has 0 radical (unpaired) electrons. The molecule has 0 unspecified atom stereocenters. The van der Waals surface area contributed by atoms with E-state index in [4.69, 9.17) is 4.74 Å². The number of amides is 3. The summed E-state index contributed by atoms with van der Waals surface area (Å²) in [5.41, 5.74) is 2.07. The molecule has 1 aliphatic heterocycles. The average Bonchev–Trinajstić information content (AvgIpc) is 2.77. The normalized spacial score (nSPS) is 14.3. The van der Waals surface area contributed by atoms with Crippen LogP contribution in [0, 0.1) is 0 Å². The molecule has 0 aliphatic carbocycles. The number of carbonyl (C=O) groups is 2. The van der Waals surface area contributed by atoms with E-state index in [9.17, 15) is 9.59 Å². The summed E-state index contributed by atoms with van der Waals surface area (Å²) in [6.07, 6.45) is 0. The van der Waals surface area contributed by atoms with Gasteiger partial charge in [-0.25, -0.2) is 4.79 Å². The third-order valence-electron chi connectivity index (χ3n) is 4.94. The maximum absolute atomic E-state index is 12.4. The monoisotopic (exact) mass is 396 g/mol. The van der Waals surface area contributed by atoms with Crippen molar-refractivity contribution in [3.05, 3.63) is 65.7 Å². The fourth-order valence-corrected chi connectivity index (χ4v) is 3.24. The van der Waals surface area contributed by atoms with Gasteiger partial charge in [0.2, 0.25) is 5.91 Å². The van der Waals surface area contributed by atoms with Gasteiger partial charge in [0.1, 0.15) is 5.75 Å². The zero-order valence-corrected chi connectivity index (χ0v) is 16.8. The zero-order valence-electron chi connectivity index (χ0n) is 16.8. The number of methoxy groups -OCH3 is 1. The van der Waals surface area contributed by atoms with Crippen molar-refractivity contribution >= 4 is 11.9 Å². The van der Waals surface area contributed by atoms with Gasteiger partial charge in [0, 0.05) is 39.3 Å². The summed E-state index contributed by atoms with van der Waals surface area (Å²) >= 11 is 0. The van der Waals surface area contributed by atoms with Crippen LogP contribution in [0.15, 0.2) is 54.6 Å². The Morgan fingerprint density at radius 1 is 0.897 bits per heavy atom. The van der Waals surface area contributed by atoms with E-state index in [0.29, 0.717) is 45.8 Å². The van der Waals surface area contributed by atoms with Crippen LogP contribution in [0.4, 0.5) is 4.79 Å². The number of urea groups is 1. The quantitative estimate of drug-likeness (QED) is 0.749. The fraction of sp³-hybridized carbons (Fsp3) is 0.364. The second kappa shape index (κ2) is 10.5. The molecule has 0 saturated carbocycles. The predicted octanol–water partition coefficient (Wildman–Crippen LogP) is 1.84. The molecule has 7 heteroatoms. The molecule has 2 aromatic rings. The second-order valence-corrected chi connectivity index (χ2v) is 7.04. The van der Waals surface area contributed by atoms with Gasteiger partial charge in [-0.3, -0.25) is 9.69 Å². The summed E-state index contributed by atoms with van der Waals surface area (Å²) < 4.78 is 5.20. The first kappa shape index (κ1) is 20.7. The molecule has 3 rings (SSSR count). The molecule has 0 spiro atoms. The Kier molecular flexibility index (Phi) is 7.47. The molecule has 1 saturated heterocycles. The lowest BCUT2D eigenvalue weighted by molar-refractivity contribution is -0.122. The van der Waals surface area contributed by atoms with E-state index in [-0.39, 0.29) is 11.9 Å². The van der Waals surface area contributed by atoms with Crippen LogP contribution in [0.5, 0.6) is 5.75 Å². The minimum atomic E-state index is -0.0824. The molecule has 1 fully saturated rings. The van der Waals surface area contributed by atoms with Crippen LogP contribution in [0.3, 0.4) is 0 Å². The second-order valence-electron chi connectivity index (χ2n) is 7.04. The van der Waals surface area contributed by atoms with Gasteiger partial charge in [-0.1, -0.05) is 42.5 Å². The van der Waals surface area contributed by atoms with E-state index in [0.717, 1.165) is 16.9 Å². The first-order valence-corrected chi connectivity index (χ1v) is 9.83. The van der Waals surface area contributed by atoms with Crippen molar-refractivity contribution in [2.75, 3.05) is 39.8 Å². The third kappa shape index (κ3) is 6.50. The number of nitrogens with one attached hydrogen (secondary N) is 2. The lowest BCUT2D eigenvalue weighted by Gasteiger charge is -2.34. The predicted molar refractivity (Wildman–Crippen MR) is 112 cm³/mol. The Hall–Kier alpha value is -3.06. The van der Waals surface area contributed by atoms with Gasteiger partial charge in [-0.15, -0.1) is 0 Å². The van der Waals surface area contributed by atoms with Crippen LogP contribution in [-0.4, -0.2) is 61.6 Å². The Morgan fingerprint density at radius 2 is 1.59 bits per heavy atom. The number of hydrogen-bond acceptors (Lipinski definition) is 4. The van der Waals surface area contributed by atoms with E-state index >= 15 is 0 Å². The lowest BCUT2D eigenvalue weighted by atomic mass is 10.2. The van der Waals surface area contributed by atoms with Crippen LogP contribution in [-0.2, 0) is 17.9 Å². The number of benzene rings is 2. The van der Waals surface area contributed by atoms with Crippen LogP contribution >= 0.6 is 0 Å². The number of hydrogen-bond donors (Lipinski definition) is 2. The third-order valence-corrected chi connectivity index (χ3v) is 4.94. The lowest BCUT2D eigenvalue weighted by Crippen LogP contribution is -2.53. The molecular weight excluding hydrogens is 368 g/mol. The van der Waals surface area contributed by atoms with Crippen molar-refractivity contribution < 1.29 is 14.3 Å². The molecule has 1 aliphatic rings. The van der Waals surface area contributed by atoms with Gasteiger partial charge in [0.15, 0.2) is 0 Å². The van der Waals surface area contributed by atoms with Gasteiger partial charge in [0.25, 0.3) is 0 Å². The van der Waals surface area contributed by atoms with Crippen LogP contribution in [0.25, 0.3) is 0 Å². The van der Waals surface area contributed by atoms with Crippen LogP contribution in [0.1, 0.15) is 11.1 Å². The van der Waals surface area contributed by atoms with E-state index < -0.39 is 0 Å². The minimum absolute atomic E-state index is 0.00443. The summed E-state index contributed by atoms with van der Waals surface area (Å²) in [7, 11) is 1.62. The number of nitrogens with zero attached hydrogens (tertiary/aromatic N) is 2. The molecule has 154 valence electrons. The molecule has 0 aromatic heterocycles. The SMILES string of the molecule is COc1cccc(CNC(=O)N2CCN(CC(=O)NCc3ccccc3)CC2)c1. The molecule has 29 heavy (non-hydrogen) atoms. The summed E-state index contributed by atoms with van der Waals surface area (Å²) in [6, 6.07) is 17.4. The van der Waals surface area contributed by atoms with E-state index in [1.165, 1.54) is 0 Å². The minimum Gasteiger partial charge on any atom is -0.497 e. The zero-order chi connectivity index (χ0) is 20.5. The number of ether oxygens (including phenoxy) is 1. The van der Waals surface area contributed by atoms with E-state index in [2.05, 4.69) is 15.5 Å². The van der Waals surface area contributed by atoms with Crippen molar-refractivity contribution in [3.8, 4) is 5.75 Å². The van der Waals surface area contributed by atoms with Crippen molar-refractivity contribution in [2.24, 2.45) is 0 Å². The number of carbonyl (C=O) groups excluding carboxylic acids is 2. The highest BCUT2D eigenvalue weighted by Gasteiger charge is 2.22. The maximum Gasteiger partial charge on any atom is 0.317 e. The maximum atomic E-state index is 12.4. The van der Waals surface area contributed by atoms with Gasteiger partial charge in [-0.05, 0) is 23.3 Å². The number of rotatable bonds is 7. The average molecular weight is 396 g/mol. The van der Waals surface area contributed by atoms with Gasteiger partial charge < -0.3 is 20.3 Å². The van der Waals surface area contributed by atoms with Gasteiger partial charge in [0.05, 0.1) is 13.7 Å². The summed E-state index contributed by atoms with van der Waals surface area (Å²) in [6.45, 7) is 3.93. The fourth-order valence-electron chi connectivity index (χ4n) is 3.24. The van der Waals surface area contributed by atoms with Crippen molar-refractivity contribution in [1.29, 1.82) is 0 Å². The van der Waals surface area contributed by atoms with Crippen molar-refractivity contribution in [3.63, 3.8) is 0 Å². The standard InChI is InChI=1S/C22H28N4O3/c1-29-20-9-5-8-19(14-20)16-24-22(28)26-12-10-25(11-13-26)17-21(27)23-15-18-6-3-2-4-7-18/h2-9,14H,10-13,15-17H2,1H3,(H,23,27)(H,24,28). The first-order valence-electron chi connectivity index (χ1n) is 9.83. The molecule has 2 N–H and O–H groups in total. The summed E-state index contributed by atoms with van der Waals surface area (Å²) in [5, 5.41) is 5.89. The first-order chi connectivity index (χ1) is 14.1. The molecular formula is C22H28N4O3. The van der Waals surface area contributed by atoms with Gasteiger partial charge >= 0.3 is 6.03 Å². The molecule has 3 amide bonds. The highest BCUT2D eigenvalue weighted by atomic mass is 16.5. The highest BCUT2D eigenvalue weighted by molar-refractivity contribution is 5.78. The number of piperazine rings is 1. The van der Waals surface area contributed by atoms with E-state index in [1.807, 2.05) is 54.6 Å². The summed E-state index contributed by atoms with van der Waals surface area (Å²) in [5.74, 6) is 0.778. The summed E-state index contributed by atoms with van der Waals surface area (Å²) in [4.78, 5) is 28.4. The molecule has 0 atom stereocenters. The largest absolute Gasteiger partial charge is 0.497 e. The van der Waals surface area contributed by atoms with Crippen LogP contribution < -0.4 is 15.4 Å². The molecule has 2 aromatic carbocycles. The smallest absolute Gasteiger partial charge is 0.317 e. The highest BCUT2D eigenvalue weighted by Crippen LogP contribution is 2.12.